The molecule has 182 valence electrons. The third kappa shape index (κ3) is 10.4. The van der Waals surface area contributed by atoms with Crippen LogP contribution in [-0.4, -0.2) is 75.7 Å². The molecule has 14 heteroatoms. The van der Waals surface area contributed by atoms with Gasteiger partial charge < -0.3 is 37.6 Å². The predicted molar refractivity (Wildman–Crippen MR) is 115 cm³/mol. The second-order valence-corrected chi connectivity index (χ2v) is 7.58. The molecule has 0 heterocycles. The van der Waals surface area contributed by atoms with Crippen molar-refractivity contribution in [3.05, 3.63) is 0 Å². The van der Waals surface area contributed by atoms with Crippen LogP contribution in [0.2, 0.25) is 0 Å². The van der Waals surface area contributed by atoms with Gasteiger partial charge in [0.15, 0.2) is 0 Å². The molecule has 0 aromatic carbocycles. The number of thiol groups is 1. The van der Waals surface area contributed by atoms with Crippen molar-refractivity contribution in [2.75, 3.05) is 5.75 Å². The molecule has 0 aliphatic rings. The number of carboxylic acid groups (broad SMARTS) is 2. The zero-order valence-corrected chi connectivity index (χ0v) is 18.8. The Morgan fingerprint density at radius 1 is 0.906 bits per heavy atom. The van der Waals surface area contributed by atoms with Crippen molar-refractivity contribution in [2.24, 2.45) is 17.4 Å². The molecular weight excluding hydrogens is 446 g/mol. The van der Waals surface area contributed by atoms with Gasteiger partial charge >= 0.3 is 11.9 Å². The molecule has 0 radical (unpaired) electrons. The third-order valence-corrected chi connectivity index (χ3v) is 5.05. The summed E-state index contributed by atoms with van der Waals surface area (Å²) < 4.78 is 0. The van der Waals surface area contributed by atoms with Crippen LogP contribution in [0.1, 0.15) is 39.5 Å². The fourth-order valence-corrected chi connectivity index (χ4v) is 2.70. The molecule has 0 spiro atoms. The Morgan fingerprint density at radius 3 is 1.84 bits per heavy atom. The van der Waals surface area contributed by atoms with Crippen LogP contribution in [0.15, 0.2) is 0 Å². The molecular formula is C18H31N5O8S. The largest absolute Gasteiger partial charge is 0.481 e. The van der Waals surface area contributed by atoms with Crippen molar-refractivity contribution in [1.82, 2.24) is 16.0 Å². The second kappa shape index (κ2) is 14.2. The highest BCUT2D eigenvalue weighted by Gasteiger charge is 2.31. The predicted octanol–water partition coefficient (Wildman–Crippen LogP) is -2.43. The number of rotatable bonds is 15. The van der Waals surface area contributed by atoms with Crippen LogP contribution in [0, 0.1) is 5.92 Å². The lowest BCUT2D eigenvalue weighted by molar-refractivity contribution is -0.143. The number of nitrogens with two attached hydrogens (primary N) is 2. The number of aliphatic carboxylic acids is 2. The van der Waals surface area contributed by atoms with Crippen molar-refractivity contribution < 1.29 is 39.0 Å². The molecule has 5 atom stereocenters. The van der Waals surface area contributed by atoms with Crippen molar-refractivity contribution in [3.8, 4) is 0 Å². The van der Waals surface area contributed by atoms with E-state index in [1.54, 1.807) is 6.92 Å². The topological polar surface area (TPSA) is 231 Å². The standard InChI is InChI=1S/C18H31N5O8S/c1-3-8(2)14(20)17(29)23-11(7-32)16(28)22-10(6-13(25)26)15(27)21-9(18(30)31)4-5-12(19)24/h8-11,14,32H,3-7,20H2,1-2H3,(H2,19,24)(H,21,27)(H,22,28)(H,23,29)(H,25,26)(H,30,31). The molecule has 32 heavy (non-hydrogen) atoms. The molecule has 9 N–H and O–H groups in total. The van der Waals surface area contributed by atoms with E-state index in [-0.39, 0.29) is 24.5 Å². The molecule has 0 saturated heterocycles. The summed E-state index contributed by atoms with van der Waals surface area (Å²) in [5, 5.41) is 24.9. The fourth-order valence-electron chi connectivity index (χ4n) is 2.45. The Labute approximate surface area is 190 Å². The maximum atomic E-state index is 12.5. The normalized spacial score (nSPS) is 15.4. The summed E-state index contributed by atoms with van der Waals surface area (Å²) in [6.07, 6.45) is -0.905. The molecule has 0 fully saturated rings. The molecule has 0 saturated carbocycles. The molecule has 13 nitrogen and oxygen atoms in total. The first-order valence-electron chi connectivity index (χ1n) is 9.84. The molecule has 0 aromatic heterocycles. The third-order valence-electron chi connectivity index (χ3n) is 4.68. The minimum absolute atomic E-state index is 0.169. The zero-order chi connectivity index (χ0) is 25.0. The Bertz CT molecular complexity index is 719. The Balaban J connectivity index is 5.33. The number of carbonyl (C=O) groups excluding carboxylic acids is 4. The van der Waals surface area contributed by atoms with Crippen LogP contribution >= 0.6 is 12.6 Å². The van der Waals surface area contributed by atoms with Crippen molar-refractivity contribution in [2.45, 2.75) is 63.7 Å². The first-order chi connectivity index (χ1) is 14.8. The van der Waals surface area contributed by atoms with Gasteiger partial charge in [-0.25, -0.2) is 4.79 Å². The number of nitrogens with one attached hydrogen (secondary N) is 3. The molecule has 0 aromatic rings. The molecule has 4 amide bonds. The molecule has 0 aliphatic heterocycles. The summed E-state index contributed by atoms with van der Waals surface area (Å²) >= 11 is 3.99. The maximum Gasteiger partial charge on any atom is 0.326 e. The van der Waals surface area contributed by atoms with Crippen LogP contribution in [0.5, 0.6) is 0 Å². The van der Waals surface area contributed by atoms with Crippen LogP contribution in [-0.2, 0) is 28.8 Å². The zero-order valence-electron chi connectivity index (χ0n) is 17.9. The number of hydrogen-bond acceptors (Lipinski definition) is 8. The van der Waals surface area contributed by atoms with Gasteiger partial charge in [-0.3, -0.25) is 24.0 Å². The average molecular weight is 478 g/mol. The van der Waals surface area contributed by atoms with Gasteiger partial charge in [-0.05, 0) is 12.3 Å². The number of amides is 4. The quantitative estimate of drug-likeness (QED) is 0.117. The van der Waals surface area contributed by atoms with Gasteiger partial charge in [-0.15, -0.1) is 0 Å². The molecule has 0 aliphatic carbocycles. The fraction of sp³-hybridized carbons (Fsp3) is 0.667. The van der Waals surface area contributed by atoms with Gasteiger partial charge in [0.25, 0.3) is 0 Å². The van der Waals surface area contributed by atoms with Crippen molar-refractivity contribution >= 4 is 48.2 Å². The van der Waals surface area contributed by atoms with Crippen LogP contribution < -0.4 is 27.4 Å². The van der Waals surface area contributed by atoms with E-state index in [0.717, 1.165) is 0 Å². The van der Waals surface area contributed by atoms with Gasteiger partial charge in [0.2, 0.25) is 23.6 Å². The summed E-state index contributed by atoms with van der Waals surface area (Å²) in [5.41, 5.74) is 10.8. The number of primary amides is 1. The van der Waals surface area contributed by atoms with Gasteiger partial charge in [-0.1, -0.05) is 20.3 Å². The Kier molecular flexibility index (Phi) is 13.0. The number of hydrogen-bond donors (Lipinski definition) is 8. The van der Waals surface area contributed by atoms with Crippen molar-refractivity contribution in [3.63, 3.8) is 0 Å². The highest BCUT2D eigenvalue weighted by Crippen LogP contribution is 2.06. The van der Waals surface area contributed by atoms with Gasteiger partial charge in [0.1, 0.15) is 18.1 Å². The summed E-state index contributed by atoms with van der Waals surface area (Å²) in [6, 6.07) is -5.31. The van der Waals surface area contributed by atoms with E-state index >= 15 is 0 Å². The minimum Gasteiger partial charge on any atom is -0.481 e. The van der Waals surface area contributed by atoms with Crippen LogP contribution in [0.25, 0.3) is 0 Å². The van der Waals surface area contributed by atoms with Gasteiger partial charge in [0, 0.05) is 12.2 Å². The van der Waals surface area contributed by atoms with Crippen molar-refractivity contribution in [1.29, 1.82) is 0 Å². The first kappa shape index (κ1) is 29.1. The average Bonchev–Trinajstić information content (AvgIpc) is 2.71. The highest BCUT2D eigenvalue weighted by atomic mass is 32.1. The van der Waals surface area contributed by atoms with Gasteiger partial charge in [0.05, 0.1) is 12.5 Å². The van der Waals surface area contributed by atoms with E-state index < -0.39 is 66.2 Å². The van der Waals surface area contributed by atoms with E-state index in [1.165, 1.54) is 0 Å². The second-order valence-electron chi connectivity index (χ2n) is 7.22. The molecule has 0 bridgehead atoms. The maximum absolute atomic E-state index is 12.5. The van der Waals surface area contributed by atoms with E-state index in [2.05, 4.69) is 28.6 Å². The molecule has 5 unspecified atom stereocenters. The first-order valence-corrected chi connectivity index (χ1v) is 10.5. The minimum atomic E-state index is -1.65. The van der Waals surface area contributed by atoms with Crippen LogP contribution in [0.4, 0.5) is 0 Å². The van der Waals surface area contributed by atoms with E-state index in [1.807, 2.05) is 6.92 Å². The SMILES string of the molecule is CCC(C)C(N)C(=O)NC(CS)C(=O)NC(CC(=O)O)C(=O)NC(CCC(N)=O)C(=O)O. The van der Waals surface area contributed by atoms with E-state index in [9.17, 15) is 33.9 Å². The van der Waals surface area contributed by atoms with E-state index in [0.29, 0.717) is 6.42 Å². The highest BCUT2D eigenvalue weighted by molar-refractivity contribution is 7.80. The summed E-state index contributed by atoms with van der Waals surface area (Å²) in [5.74, 6) is -6.68. The monoisotopic (exact) mass is 477 g/mol. The van der Waals surface area contributed by atoms with Gasteiger partial charge in [-0.2, -0.15) is 12.6 Å². The lowest BCUT2D eigenvalue weighted by Gasteiger charge is -2.24. The smallest absolute Gasteiger partial charge is 0.326 e. The Morgan fingerprint density at radius 2 is 1.41 bits per heavy atom. The lowest BCUT2D eigenvalue weighted by Crippen LogP contribution is -2.58. The summed E-state index contributed by atoms with van der Waals surface area (Å²) in [6.45, 7) is 3.59. The van der Waals surface area contributed by atoms with E-state index in [4.69, 9.17) is 16.6 Å². The Hall–Kier alpha value is -2.87. The number of carbonyl (C=O) groups is 6. The molecule has 0 rings (SSSR count). The summed E-state index contributed by atoms with van der Waals surface area (Å²) in [7, 11) is 0. The lowest BCUT2D eigenvalue weighted by atomic mass is 9.99. The van der Waals surface area contributed by atoms with Crippen LogP contribution in [0.3, 0.4) is 0 Å². The number of carboxylic acids is 2. The summed E-state index contributed by atoms with van der Waals surface area (Å²) in [4.78, 5) is 70.5.